The van der Waals surface area contributed by atoms with Gasteiger partial charge in [0.05, 0.1) is 0 Å². The molecule has 1 aromatic rings. The van der Waals surface area contributed by atoms with Gasteiger partial charge in [0.15, 0.2) is 0 Å². The van der Waals surface area contributed by atoms with Crippen LogP contribution in [-0.4, -0.2) is 0 Å². The van der Waals surface area contributed by atoms with Crippen LogP contribution in [0.4, 0.5) is 14.8 Å². The zero-order valence-corrected chi connectivity index (χ0v) is 4.72. The quantitative estimate of drug-likeness (QED) is 0.536. The molecule has 0 saturated carbocycles. The normalized spacial score (nSPS) is 7.33. The first kappa shape index (κ1) is 7.88. The first-order valence-corrected chi connectivity index (χ1v) is 2.34. The largest absolute Gasteiger partial charge is 0.399 e. The smallest absolute Gasteiger partial charge is 0.0313 e. The lowest BCUT2D eigenvalue weighted by molar-refractivity contribution is 0.108. The highest BCUT2D eigenvalue weighted by Crippen LogP contribution is 1.95. The molecule has 50 valence electrons. The lowest BCUT2D eigenvalue weighted by Crippen LogP contribution is -1.79. The monoisotopic (exact) mass is 131 g/mol. The molecule has 9 heavy (non-hydrogen) atoms. The van der Waals surface area contributed by atoms with Crippen molar-refractivity contribution in [2.45, 2.75) is 0 Å². The van der Waals surface area contributed by atoms with Gasteiger partial charge in [-0.05, 0) is 12.1 Å². The highest BCUT2D eigenvalue weighted by atomic mass is 20.0. The molecular formula is C6H7F2N. The highest BCUT2D eigenvalue weighted by molar-refractivity contribution is 5.35. The van der Waals surface area contributed by atoms with Crippen molar-refractivity contribution in [3.63, 3.8) is 0 Å². The minimum absolute atomic E-state index is 0.822. The number of halogens is 2. The minimum Gasteiger partial charge on any atom is -0.399 e. The van der Waals surface area contributed by atoms with Crippen LogP contribution in [0, 0.1) is 0 Å². The standard InChI is InChI=1S/C6H7N.F2/c7-6-4-2-1-3-5-6;1-2/h1-5H,7H2;. The zero-order chi connectivity index (χ0) is 7.11. The Morgan fingerprint density at radius 2 is 1.44 bits per heavy atom. The average molecular weight is 131 g/mol. The fraction of sp³-hybridized carbons (Fsp3) is 0. The third kappa shape index (κ3) is 3.46. The van der Waals surface area contributed by atoms with E-state index in [0.29, 0.717) is 0 Å². The molecule has 1 aromatic carbocycles. The summed E-state index contributed by atoms with van der Waals surface area (Å²) in [5, 5.41) is 0. The Hall–Kier alpha value is -1.12. The number of hydrogen-bond acceptors (Lipinski definition) is 1. The van der Waals surface area contributed by atoms with Gasteiger partial charge in [0.25, 0.3) is 0 Å². The van der Waals surface area contributed by atoms with Gasteiger partial charge in [0.2, 0.25) is 0 Å². The van der Waals surface area contributed by atoms with Crippen LogP contribution in [0.5, 0.6) is 0 Å². The van der Waals surface area contributed by atoms with E-state index in [1.807, 2.05) is 30.3 Å². The van der Waals surface area contributed by atoms with Crippen molar-refractivity contribution < 1.29 is 9.15 Å². The van der Waals surface area contributed by atoms with Crippen LogP contribution in [0.2, 0.25) is 0 Å². The van der Waals surface area contributed by atoms with Crippen molar-refractivity contribution in [3.8, 4) is 0 Å². The van der Waals surface area contributed by atoms with Gasteiger partial charge in [-0.3, -0.25) is 0 Å². The van der Waals surface area contributed by atoms with Crippen molar-refractivity contribution in [1.29, 1.82) is 0 Å². The van der Waals surface area contributed by atoms with Crippen molar-refractivity contribution in [2.24, 2.45) is 0 Å². The molecular weight excluding hydrogens is 124 g/mol. The Kier molecular flexibility index (Phi) is 4.40. The Balaban J connectivity index is 0.000000291. The Bertz CT molecular complexity index is 141. The van der Waals surface area contributed by atoms with E-state index in [-0.39, 0.29) is 0 Å². The molecule has 0 heterocycles. The number of benzene rings is 1. The number of rotatable bonds is 0. The minimum atomic E-state index is 0.822. The summed E-state index contributed by atoms with van der Waals surface area (Å²) >= 11 is 0. The van der Waals surface area contributed by atoms with E-state index >= 15 is 0 Å². The number of hydrogen-bond donors (Lipinski definition) is 1. The van der Waals surface area contributed by atoms with Crippen LogP contribution >= 0.6 is 0 Å². The number of nitrogens with two attached hydrogens (primary N) is 1. The predicted molar refractivity (Wildman–Crippen MR) is 33.1 cm³/mol. The lowest BCUT2D eigenvalue weighted by atomic mass is 10.3. The first-order valence-electron chi connectivity index (χ1n) is 2.34. The van der Waals surface area contributed by atoms with Crippen LogP contribution in [-0.2, 0) is 0 Å². The van der Waals surface area contributed by atoms with E-state index in [1.165, 1.54) is 0 Å². The van der Waals surface area contributed by atoms with E-state index in [9.17, 15) is 0 Å². The van der Waals surface area contributed by atoms with E-state index in [0.717, 1.165) is 5.69 Å². The van der Waals surface area contributed by atoms with Gasteiger partial charge >= 0.3 is 0 Å². The summed E-state index contributed by atoms with van der Waals surface area (Å²) in [6, 6.07) is 9.49. The molecule has 0 radical (unpaired) electrons. The summed E-state index contributed by atoms with van der Waals surface area (Å²) in [7, 11) is 0. The third-order valence-corrected chi connectivity index (χ3v) is 0.800. The first-order chi connectivity index (χ1) is 4.39. The van der Waals surface area contributed by atoms with Gasteiger partial charge in [-0.15, -0.1) is 0 Å². The molecule has 0 fully saturated rings. The second kappa shape index (κ2) is 5.03. The second-order valence-electron chi connectivity index (χ2n) is 1.41. The maximum Gasteiger partial charge on any atom is 0.0313 e. The summed E-state index contributed by atoms with van der Waals surface area (Å²) in [4.78, 5) is 0. The lowest BCUT2D eigenvalue weighted by Gasteiger charge is -1.83. The molecule has 0 bridgehead atoms. The van der Waals surface area contributed by atoms with Crippen LogP contribution in [0.3, 0.4) is 0 Å². The molecule has 0 aliphatic rings. The molecule has 0 aliphatic heterocycles. The maximum absolute atomic E-state index is 8.00. The van der Waals surface area contributed by atoms with Gasteiger partial charge < -0.3 is 5.73 Å². The van der Waals surface area contributed by atoms with E-state index < -0.39 is 0 Å². The Morgan fingerprint density at radius 3 is 1.67 bits per heavy atom. The summed E-state index contributed by atoms with van der Waals surface area (Å²) in [6.07, 6.45) is 0. The second-order valence-corrected chi connectivity index (χ2v) is 1.41. The topological polar surface area (TPSA) is 26.0 Å². The van der Waals surface area contributed by atoms with E-state index in [1.54, 1.807) is 0 Å². The summed E-state index contributed by atoms with van der Waals surface area (Å²) in [5.41, 5.74) is 6.18. The average Bonchev–Trinajstić information content (AvgIpc) is 1.94. The molecule has 0 aromatic heterocycles. The molecule has 3 heteroatoms. The van der Waals surface area contributed by atoms with E-state index in [2.05, 4.69) is 0 Å². The molecule has 0 aliphatic carbocycles. The highest BCUT2D eigenvalue weighted by Gasteiger charge is 1.72. The van der Waals surface area contributed by atoms with E-state index in [4.69, 9.17) is 14.9 Å². The van der Waals surface area contributed by atoms with Crippen LogP contribution < -0.4 is 5.73 Å². The number of nitrogen functional groups attached to an aromatic ring is 1. The molecule has 0 unspecified atom stereocenters. The molecule has 0 atom stereocenters. The summed E-state index contributed by atoms with van der Waals surface area (Å²) in [5.74, 6) is 0. The van der Waals surface area contributed by atoms with Crippen molar-refractivity contribution in [3.05, 3.63) is 30.3 Å². The predicted octanol–water partition coefficient (Wildman–Crippen LogP) is 2.11. The fourth-order valence-electron chi connectivity index (χ4n) is 0.453. The SMILES string of the molecule is FF.Nc1ccccc1. The molecule has 0 saturated heterocycles. The molecule has 1 nitrogen and oxygen atoms in total. The Morgan fingerprint density at radius 1 is 1.00 bits per heavy atom. The van der Waals surface area contributed by atoms with Gasteiger partial charge in [-0.1, -0.05) is 18.2 Å². The van der Waals surface area contributed by atoms with Crippen LogP contribution in [0.25, 0.3) is 0 Å². The third-order valence-electron chi connectivity index (χ3n) is 0.800. The van der Waals surface area contributed by atoms with Gasteiger partial charge in [0, 0.05) is 14.8 Å². The van der Waals surface area contributed by atoms with Crippen molar-refractivity contribution in [1.82, 2.24) is 0 Å². The van der Waals surface area contributed by atoms with Gasteiger partial charge in [-0.25, -0.2) is 0 Å². The molecule has 0 spiro atoms. The van der Waals surface area contributed by atoms with Gasteiger partial charge in [-0.2, -0.15) is 0 Å². The molecule has 1 rings (SSSR count). The molecule has 2 N–H and O–H groups in total. The Labute approximate surface area is 52.0 Å². The number of anilines is 1. The molecule has 0 amide bonds. The van der Waals surface area contributed by atoms with Crippen LogP contribution in [0.15, 0.2) is 30.3 Å². The summed E-state index contributed by atoms with van der Waals surface area (Å²) in [6.45, 7) is 0. The van der Waals surface area contributed by atoms with Crippen molar-refractivity contribution >= 4 is 5.69 Å². The van der Waals surface area contributed by atoms with Crippen molar-refractivity contribution in [2.75, 3.05) is 5.73 Å². The zero-order valence-electron chi connectivity index (χ0n) is 4.72. The summed E-state index contributed by atoms with van der Waals surface area (Å²) < 4.78 is 16.0. The number of para-hydroxylation sites is 1. The fourth-order valence-corrected chi connectivity index (χ4v) is 0.453. The van der Waals surface area contributed by atoms with Gasteiger partial charge in [0.1, 0.15) is 0 Å². The van der Waals surface area contributed by atoms with Crippen LogP contribution in [0.1, 0.15) is 0 Å². The maximum atomic E-state index is 8.00.